The molecule has 5 nitrogen and oxygen atoms in total. The molecule has 0 aliphatic carbocycles. The number of para-hydroxylation sites is 1. The van der Waals surface area contributed by atoms with E-state index in [1.807, 2.05) is 38.1 Å². The van der Waals surface area contributed by atoms with Crippen LogP contribution in [-0.2, 0) is 12.8 Å². The van der Waals surface area contributed by atoms with Gasteiger partial charge in [0.25, 0.3) is 0 Å². The molecular formula is C22H18ClF3N4O. The fourth-order valence-electron chi connectivity index (χ4n) is 3.17. The molecule has 0 unspecified atom stereocenters. The Labute approximate surface area is 181 Å². The first-order valence-corrected chi connectivity index (χ1v) is 9.90. The van der Waals surface area contributed by atoms with Crippen molar-refractivity contribution in [3.05, 3.63) is 71.3 Å². The molecule has 0 spiro atoms. The molecule has 4 rings (SSSR count). The van der Waals surface area contributed by atoms with Crippen molar-refractivity contribution in [3.63, 3.8) is 0 Å². The summed E-state index contributed by atoms with van der Waals surface area (Å²) in [7, 11) is 0. The molecule has 0 saturated carbocycles. The van der Waals surface area contributed by atoms with Crippen molar-refractivity contribution in [2.75, 3.05) is 0 Å². The number of benzene rings is 2. The van der Waals surface area contributed by atoms with E-state index >= 15 is 0 Å². The molecule has 0 saturated heterocycles. The third kappa shape index (κ3) is 4.49. The summed E-state index contributed by atoms with van der Waals surface area (Å²) in [4.78, 5) is 12.1. The van der Waals surface area contributed by atoms with Crippen molar-refractivity contribution >= 4 is 22.5 Å². The van der Waals surface area contributed by atoms with Crippen molar-refractivity contribution < 1.29 is 17.9 Å². The van der Waals surface area contributed by atoms with E-state index in [9.17, 15) is 13.2 Å². The van der Waals surface area contributed by atoms with Crippen LogP contribution in [0.3, 0.4) is 0 Å². The molecule has 0 N–H and O–H groups in total. The zero-order chi connectivity index (χ0) is 22.2. The number of hydrogen-bond donors (Lipinski definition) is 0. The zero-order valence-electron chi connectivity index (χ0n) is 16.7. The number of hydrogen-bond acceptors (Lipinski definition) is 4. The smallest absolute Gasteiger partial charge is 0.434 e. The third-order valence-electron chi connectivity index (χ3n) is 4.71. The minimum Gasteiger partial charge on any atom is -0.472 e. The number of alkyl halides is 3. The van der Waals surface area contributed by atoms with Gasteiger partial charge in [0, 0.05) is 17.8 Å². The standard InChI is InChI=1S/C22H18ClF3N4O/c1-13(2)30-11-18(22(24,25)26)28-19(30)15-9-7-14(8-10-15)12-31-20-16-5-3-4-6-17(16)27-21(23)29-20/h3-11,13H,12H2,1-2H3. The Balaban J connectivity index is 1.57. The summed E-state index contributed by atoms with van der Waals surface area (Å²) in [6.07, 6.45) is -3.45. The van der Waals surface area contributed by atoms with Gasteiger partial charge in [0.15, 0.2) is 5.69 Å². The van der Waals surface area contributed by atoms with Gasteiger partial charge in [-0.05, 0) is 43.1 Å². The zero-order valence-corrected chi connectivity index (χ0v) is 17.4. The van der Waals surface area contributed by atoms with E-state index in [0.29, 0.717) is 17.0 Å². The third-order valence-corrected chi connectivity index (χ3v) is 4.88. The van der Waals surface area contributed by atoms with E-state index in [2.05, 4.69) is 15.0 Å². The summed E-state index contributed by atoms with van der Waals surface area (Å²) in [5.41, 5.74) is 1.18. The number of nitrogens with zero attached hydrogens (tertiary/aromatic N) is 4. The van der Waals surface area contributed by atoms with Gasteiger partial charge in [-0.15, -0.1) is 0 Å². The van der Waals surface area contributed by atoms with E-state index in [-0.39, 0.29) is 23.8 Å². The van der Waals surface area contributed by atoms with Gasteiger partial charge in [-0.2, -0.15) is 18.2 Å². The minimum atomic E-state index is -4.50. The Kier molecular flexibility index (Phi) is 5.58. The van der Waals surface area contributed by atoms with Crippen molar-refractivity contribution in [1.29, 1.82) is 0 Å². The molecule has 0 aliphatic heterocycles. The van der Waals surface area contributed by atoms with Gasteiger partial charge in [-0.1, -0.05) is 36.4 Å². The Morgan fingerprint density at radius 1 is 1.00 bits per heavy atom. The molecule has 160 valence electrons. The maximum absolute atomic E-state index is 13.1. The number of aromatic nitrogens is 4. The van der Waals surface area contributed by atoms with Crippen molar-refractivity contribution in [1.82, 2.24) is 19.5 Å². The lowest BCUT2D eigenvalue weighted by Gasteiger charge is -2.12. The van der Waals surface area contributed by atoms with Crippen LogP contribution >= 0.6 is 11.6 Å². The first kappa shape index (κ1) is 21.1. The molecule has 0 radical (unpaired) electrons. The van der Waals surface area contributed by atoms with Gasteiger partial charge < -0.3 is 9.30 Å². The van der Waals surface area contributed by atoms with E-state index in [0.717, 1.165) is 17.1 Å². The summed E-state index contributed by atoms with van der Waals surface area (Å²) in [6.45, 7) is 3.83. The fourth-order valence-corrected chi connectivity index (χ4v) is 3.34. The molecule has 2 aromatic heterocycles. The highest BCUT2D eigenvalue weighted by molar-refractivity contribution is 6.28. The van der Waals surface area contributed by atoms with Crippen LogP contribution in [0, 0.1) is 0 Å². The minimum absolute atomic E-state index is 0.0880. The summed E-state index contributed by atoms with van der Waals surface area (Å²) in [5.74, 6) is 0.633. The van der Waals surface area contributed by atoms with Crippen molar-refractivity contribution in [2.24, 2.45) is 0 Å². The van der Waals surface area contributed by atoms with Crippen LogP contribution < -0.4 is 4.74 Å². The summed E-state index contributed by atoms with van der Waals surface area (Å²) >= 11 is 5.98. The summed E-state index contributed by atoms with van der Waals surface area (Å²) in [6, 6.07) is 14.2. The lowest BCUT2D eigenvalue weighted by molar-refractivity contribution is -0.140. The fraction of sp³-hybridized carbons (Fsp3) is 0.227. The second-order valence-electron chi connectivity index (χ2n) is 7.25. The topological polar surface area (TPSA) is 52.8 Å². The van der Waals surface area contributed by atoms with Crippen LogP contribution in [0.1, 0.15) is 31.1 Å². The quantitative estimate of drug-likeness (QED) is 0.336. The summed E-state index contributed by atoms with van der Waals surface area (Å²) in [5, 5.41) is 0.826. The molecule has 0 fully saturated rings. The Morgan fingerprint density at radius 3 is 2.39 bits per heavy atom. The monoisotopic (exact) mass is 446 g/mol. The van der Waals surface area contributed by atoms with Crippen LogP contribution in [0.4, 0.5) is 13.2 Å². The van der Waals surface area contributed by atoms with Gasteiger partial charge in [0.2, 0.25) is 11.2 Å². The average Bonchev–Trinajstić information content (AvgIpc) is 3.19. The Hall–Kier alpha value is -3.13. The van der Waals surface area contributed by atoms with E-state index in [4.69, 9.17) is 16.3 Å². The predicted molar refractivity (Wildman–Crippen MR) is 112 cm³/mol. The average molecular weight is 447 g/mol. The Bertz CT molecular complexity index is 1220. The van der Waals surface area contributed by atoms with Crippen molar-refractivity contribution in [2.45, 2.75) is 32.7 Å². The van der Waals surface area contributed by atoms with E-state index < -0.39 is 11.9 Å². The molecule has 2 aromatic carbocycles. The lowest BCUT2D eigenvalue weighted by Crippen LogP contribution is -2.05. The van der Waals surface area contributed by atoms with E-state index in [1.165, 1.54) is 4.57 Å². The molecule has 0 aliphatic rings. The molecule has 0 amide bonds. The van der Waals surface area contributed by atoms with Gasteiger partial charge >= 0.3 is 6.18 Å². The molecule has 0 bridgehead atoms. The largest absolute Gasteiger partial charge is 0.472 e. The van der Waals surface area contributed by atoms with Crippen LogP contribution in [0.15, 0.2) is 54.7 Å². The van der Waals surface area contributed by atoms with Gasteiger partial charge in [-0.3, -0.25) is 0 Å². The number of rotatable bonds is 5. The maximum Gasteiger partial charge on any atom is 0.434 e. The van der Waals surface area contributed by atoms with Gasteiger partial charge in [0.1, 0.15) is 12.4 Å². The second-order valence-corrected chi connectivity index (χ2v) is 7.59. The maximum atomic E-state index is 13.1. The number of fused-ring (bicyclic) bond motifs is 1. The number of ether oxygens (including phenoxy) is 1. The molecular weight excluding hydrogens is 429 g/mol. The second kappa shape index (κ2) is 8.19. The Morgan fingerprint density at radius 2 is 1.71 bits per heavy atom. The van der Waals surface area contributed by atoms with Crippen LogP contribution in [0.25, 0.3) is 22.3 Å². The normalized spacial score (nSPS) is 12.0. The van der Waals surface area contributed by atoms with Crippen molar-refractivity contribution in [3.8, 4) is 17.3 Å². The lowest BCUT2D eigenvalue weighted by atomic mass is 10.1. The predicted octanol–water partition coefficient (Wildman–Crippen LogP) is 6.33. The molecule has 2 heterocycles. The SMILES string of the molecule is CC(C)n1cc(C(F)(F)F)nc1-c1ccc(COc2nc(Cl)nc3ccccc23)cc1. The highest BCUT2D eigenvalue weighted by Gasteiger charge is 2.35. The first-order chi connectivity index (χ1) is 14.7. The van der Waals surface area contributed by atoms with E-state index in [1.54, 1.807) is 24.3 Å². The van der Waals surface area contributed by atoms with Gasteiger partial charge in [0.05, 0.1) is 10.9 Å². The molecule has 4 aromatic rings. The molecule has 9 heteroatoms. The van der Waals surface area contributed by atoms with Crippen LogP contribution in [0.5, 0.6) is 5.88 Å². The highest BCUT2D eigenvalue weighted by Crippen LogP contribution is 2.32. The summed E-state index contributed by atoms with van der Waals surface area (Å²) < 4.78 is 46.7. The number of imidazole rings is 1. The molecule has 0 atom stereocenters. The first-order valence-electron chi connectivity index (χ1n) is 9.53. The highest BCUT2D eigenvalue weighted by atomic mass is 35.5. The molecule has 31 heavy (non-hydrogen) atoms. The number of halogens is 4. The van der Waals surface area contributed by atoms with Gasteiger partial charge in [-0.25, -0.2) is 9.97 Å². The van der Waals surface area contributed by atoms with Crippen LogP contribution in [0.2, 0.25) is 5.28 Å². The van der Waals surface area contributed by atoms with Crippen LogP contribution in [-0.4, -0.2) is 19.5 Å².